The Hall–Kier alpha value is -2.05. The third kappa shape index (κ3) is 6.21. The summed E-state index contributed by atoms with van der Waals surface area (Å²) >= 11 is 19.4. The second-order valence-corrected chi connectivity index (χ2v) is 8.62. The van der Waals surface area contributed by atoms with Gasteiger partial charge in [0, 0.05) is 27.9 Å². The predicted octanol–water partition coefficient (Wildman–Crippen LogP) is 6.91. The molecule has 0 saturated carbocycles. The molecule has 0 aliphatic rings. The summed E-state index contributed by atoms with van der Waals surface area (Å²) in [6, 6.07) is 16.2. The Morgan fingerprint density at radius 3 is 2.59 bits per heavy atom. The van der Waals surface area contributed by atoms with E-state index in [1.807, 2.05) is 37.3 Å². The number of rotatable bonds is 6. The second kappa shape index (κ2) is 10.1. The molecular weight excluding hydrogens is 449 g/mol. The number of pyridine rings is 1. The van der Waals surface area contributed by atoms with Crippen LogP contribution in [0.25, 0.3) is 0 Å². The van der Waals surface area contributed by atoms with Gasteiger partial charge in [-0.2, -0.15) is 0 Å². The molecule has 29 heavy (non-hydrogen) atoms. The van der Waals surface area contributed by atoms with Gasteiger partial charge in [-0.3, -0.25) is 9.79 Å². The average molecular weight is 465 g/mol. The number of carbonyl (C=O) groups is 1. The van der Waals surface area contributed by atoms with Gasteiger partial charge in [-0.05, 0) is 61.5 Å². The molecular formula is C21H16Cl3N3OS. The van der Waals surface area contributed by atoms with Gasteiger partial charge in [0.25, 0.3) is 0 Å². The maximum Gasteiger partial charge on any atom is 0.237 e. The summed E-state index contributed by atoms with van der Waals surface area (Å²) in [5, 5.41) is 3.83. The molecule has 1 amide bonds. The highest BCUT2D eigenvalue weighted by Gasteiger charge is 2.16. The predicted molar refractivity (Wildman–Crippen MR) is 123 cm³/mol. The lowest BCUT2D eigenvalue weighted by atomic mass is 10.3. The summed E-state index contributed by atoms with van der Waals surface area (Å²) in [6.45, 7) is 1.83. The maximum absolute atomic E-state index is 12.4. The van der Waals surface area contributed by atoms with E-state index in [0.29, 0.717) is 20.9 Å². The molecule has 1 aromatic heterocycles. The topological polar surface area (TPSA) is 54.4 Å². The van der Waals surface area contributed by atoms with Crippen LogP contribution in [-0.4, -0.2) is 22.4 Å². The Balaban J connectivity index is 1.60. The number of thioether (sulfide) groups is 1. The van der Waals surface area contributed by atoms with Crippen LogP contribution in [0.2, 0.25) is 15.2 Å². The van der Waals surface area contributed by atoms with E-state index in [1.54, 1.807) is 36.7 Å². The van der Waals surface area contributed by atoms with Crippen molar-refractivity contribution in [3.05, 3.63) is 81.6 Å². The molecule has 0 fully saturated rings. The van der Waals surface area contributed by atoms with Crippen LogP contribution in [0.4, 0.5) is 11.4 Å². The van der Waals surface area contributed by atoms with Gasteiger partial charge in [-0.15, -0.1) is 11.8 Å². The zero-order valence-electron chi connectivity index (χ0n) is 15.3. The molecule has 4 nitrogen and oxygen atoms in total. The molecule has 0 bridgehead atoms. The lowest BCUT2D eigenvalue weighted by Crippen LogP contribution is -2.22. The van der Waals surface area contributed by atoms with Crippen LogP contribution in [0.15, 0.2) is 70.7 Å². The molecule has 148 valence electrons. The summed E-state index contributed by atoms with van der Waals surface area (Å²) in [4.78, 5) is 21.8. The second-order valence-electron chi connectivity index (χ2n) is 6.01. The maximum atomic E-state index is 12.4. The van der Waals surface area contributed by atoms with E-state index in [-0.39, 0.29) is 11.2 Å². The number of anilines is 1. The Labute approximate surface area is 188 Å². The molecule has 1 heterocycles. The number of aromatic nitrogens is 1. The third-order valence-electron chi connectivity index (χ3n) is 3.85. The summed E-state index contributed by atoms with van der Waals surface area (Å²) in [7, 11) is 0. The molecule has 8 heteroatoms. The Morgan fingerprint density at radius 1 is 1.14 bits per heavy atom. The van der Waals surface area contributed by atoms with Gasteiger partial charge in [-0.25, -0.2) is 4.98 Å². The number of halogens is 3. The first-order chi connectivity index (χ1) is 13.9. The van der Waals surface area contributed by atoms with Crippen molar-refractivity contribution < 1.29 is 4.79 Å². The largest absolute Gasteiger partial charge is 0.324 e. The lowest BCUT2D eigenvalue weighted by molar-refractivity contribution is -0.115. The van der Waals surface area contributed by atoms with Gasteiger partial charge in [0.2, 0.25) is 5.91 Å². The van der Waals surface area contributed by atoms with Crippen molar-refractivity contribution in [2.75, 3.05) is 5.32 Å². The van der Waals surface area contributed by atoms with Crippen molar-refractivity contribution in [2.24, 2.45) is 4.99 Å². The molecule has 0 aliphatic heterocycles. The normalized spacial score (nSPS) is 12.1. The minimum Gasteiger partial charge on any atom is -0.324 e. The van der Waals surface area contributed by atoms with E-state index in [4.69, 9.17) is 34.8 Å². The number of hydrogen-bond donors (Lipinski definition) is 1. The number of benzene rings is 2. The number of nitrogens with zero attached hydrogens (tertiary/aromatic N) is 2. The van der Waals surface area contributed by atoms with Crippen LogP contribution < -0.4 is 5.32 Å². The quantitative estimate of drug-likeness (QED) is 0.245. The van der Waals surface area contributed by atoms with Gasteiger partial charge >= 0.3 is 0 Å². The average Bonchev–Trinajstić information content (AvgIpc) is 2.70. The molecule has 0 saturated heterocycles. The van der Waals surface area contributed by atoms with Crippen LogP contribution in [0, 0.1) is 0 Å². The Kier molecular flexibility index (Phi) is 7.56. The molecule has 3 aromatic rings. The number of amides is 1. The van der Waals surface area contributed by atoms with Crippen LogP contribution >= 0.6 is 46.6 Å². The summed E-state index contributed by atoms with van der Waals surface area (Å²) in [5.41, 5.74) is 2.06. The highest BCUT2D eigenvalue weighted by molar-refractivity contribution is 8.00. The van der Waals surface area contributed by atoms with Crippen molar-refractivity contribution in [3.8, 4) is 0 Å². The number of aliphatic imine (C=N–C) groups is 1. The van der Waals surface area contributed by atoms with E-state index in [2.05, 4.69) is 15.3 Å². The highest BCUT2D eigenvalue weighted by atomic mass is 35.5. The van der Waals surface area contributed by atoms with Gasteiger partial charge < -0.3 is 5.32 Å². The highest BCUT2D eigenvalue weighted by Crippen LogP contribution is 2.29. The zero-order valence-corrected chi connectivity index (χ0v) is 18.4. The van der Waals surface area contributed by atoms with Crippen molar-refractivity contribution in [1.29, 1.82) is 0 Å². The molecule has 3 rings (SSSR count). The minimum atomic E-state index is -0.315. The SMILES string of the molecule is CC(Sc1ccc(N=Cc2cccnc2Cl)cc1)C(=O)Nc1ccc(Cl)cc1Cl. The molecule has 0 aliphatic carbocycles. The van der Waals surface area contributed by atoms with Crippen LogP contribution in [-0.2, 0) is 4.79 Å². The van der Waals surface area contributed by atoms with E-state index >= 15 is 0 Å². The number of nitrogens with one attached hydrogen (secondary N) is 1. The lowest BCUT2D eigenvalue weighted by Gasteiger charge is -2.13. The molecule has 1 N–H and O–H groups in total. The summed E-state index contributed by atoms with van der Waals surface area (Å²) in [6.07, 6.45) is 3.30. The molecule has 1 atom stereocenters. The first-order valence-electron chi connectivity index (χ1n) is 8.59. The fourth-order valence-corrected chi connectivity index (χ4v) is 3.82. The van der Waals surface area contributed by atoms with Gasteiger partial charge in [-0.1, -0.05) is 34.8 Å². The van der Waals surface area contributed by atoms with E-state index in [9.17, 15) is 4.79 Å². The first kappa shape index (κ1) is 21.7. The smallest absolute Gasteiger partial charge is 0.237 e. The van der Waals surface area contributed by atoms with Crippen molar-refractivity contribution in [3.63, 3.8) is 0 Å². The molecule has 0 radical (unpaired) electrons. The fourth-order valence-electron chi connectivity index (χ4n) is 2.33. The zero-order chi connectivity index (χ0) is 20.8. The number of carbonyl (C=O) groups excluding carboxylic acids is 1. The molecule has 0 spiro atoms. The first-order valence-corrected chi connectivity index (χ1v) is 10.6. The van der Waals surface area contributed by atoms with E-state index < -0.39 is 0 Å². The summed E-state index contributed by atoms with van der Waals surface area (Å²) < 4.78 is 0. The van der Waals surface area contributed by atoms with Crippen LogP contribution in [0.5, 0.6) is 0 Å². The number of hydrogen-bond acceptors (Lipinski definition) is 4. The van der Waals surface area contributed by atoms with Gasteiger partial charge in [0.05, 0.1) is 21.6 Å². The van der Waals surface area contributed by atoms with Crippen molar-refractivity contribution in [2.45, 2.75) is 17.1 Å². The van der Waals surface area contributed by atoms with E-state index in [0.717, 1.165) is 16.1 Å². The molecule has 2 aromatic carbocycles. The van der Waals surface area contributed by atoms with Crippen LogP contribution in [0.3, 0.4) is 0 Å². The summed E-state index contributed by atoms with van der Waals surface area (Å²) in [5.74, 6) is -0.146. The van der Waals surface area contributed by atoms with Crippen LogP contribution in [0.1, 0.15) is 12.5 Å². The monoisotopic (exact) mass is 463 g/mol. The minimum absolute atomic E-state index is 0.146. The fraction of sp³-hybridized carbons (Fsp3) is 0.0952. The molecule has 1 unspecified atom stereocenters. The van der Waals surface area contributed by atoms with Crippen molar-refractivity contribution >= 4 is 70.1 Å². The van der Waals surface area contributed by atoms with Gasteiger partial charge in [0.1, 0.15) is 5.15 Å². The van der Waals surface area contributed by atoms with E-state index in [1.165, 1.54) is 11.8 Å². The third-order valence-corrected chi connectivity index (χ3v) is 5.82. The van der Waals surface area contributed by atoms with Crippen molar-refractivity contribution in [1.82, 2.24) is 4.98 Å². The van der Waals surface area contributed by atoms with Gasteiger partial charge in [0.15, 0.2) is 0 Å². The Bertz CT molecular complexity index is 1040. The standard InChI is InChI=1S/C21H16Cl3N3OS/c1-13(21(28)27-19-9-4-15(22)11-18(19)23)29-17-7-5-16(6-8-17)26-12-14-3-2-10-25-20(14)24/h2-13H,1H3,(H,27,28). The Morgan fingerprint density at radius 2 is 1.90 bits per heavy atom.